The van der Waals surface area contributed by atoms with Gasteiger partial charge in [-0.05, 0) is 45.8 Å². The number of hydrogen-bond acceptors (Lipinski definition) is 4. The molecule has 2 fully saturated rings. The van der Waals surface area contributed by atoms with Gasteiger partial charge in [0.2, 0.25) is 0 Å². The van der Waals surface area contributed by atoms with Gasteiger partial charge in [0, 0.05) is 30.9 Å². The third-order valence-electron chi connectivity index (χ3n) is 3.47. The van der Waals surface area contributed by atoms with Crippen LogP contribution in [-0.4, -0.2) is 53.3 Å². The predicted octanol–water partition coefficient (Wildman–Crippen LogP) is 2.48. The van der Waals surface area contributed by atoms with Gasteiger partial charge in [0.25, 0.3) is 0 Å². The van der Waals surface area contributed by atoms with Crippen molar-refractivity contribution < 1.29 is 9.53 Å². The van der Waals surface area contributed by atoms with Crippen LogP contribution in [-0.2, 0) is 4.74 Å². The molecule has 0 aromatic carbocycles. The van der Waals surface area contributed by atoms with E-state index in [0.29, 0.717) is 12.1 Å². The number of thioether (sulfide) groups is 1. The highest BCUT2D eigenvalue weighted by Gasteiger charge is 2.30. The van der Waals surface area contributed by atoms with E-state index in [1.807, 2.05) is 37.4 Å². The highest BCUT2D eigenvalue weighted by Crippen LogP contribution is 2.20. The van der Waals surface area contributed by atoms with Crippen molar-refractivity contribution in [3.05, 3.63) is 0 Å². The number of ether oxygens (including phenoxy) is 1. The monoisotopic (exact) mass is 286 g/mol. The molecule has 2 atom stereocenters. The lowest BCUT2D eigenvalue weighted by Gasteiger charge is -2.27. The lowest BCUT2D eigenvalue weighted by Crippen LogP contribution is -2.43. The second-order valence-corrected chi connectivity index (χ2v) is 7.64. The average Bonchev–Trinajstić information content (AvgIpc) is 2.77. The summed E-state index contributed by atoms with van der Waals surface area (Å²) < 4.78 is 5.42. The molecular formula is C14H26N2O2S. The van der Waals surface area contributed by atoms with Crippen LogP contribution in [0.1, 0.15) is 40.0 Å². The van der Waals surface area contributed by atoms with Gasteiger partial charge in [0.05, 0.1) is 0 Å². The number of hydrogen-bond donors (Lipinski definition) is 1. The van der Waals surface area contributed by atoms with Crippen LogP contribution in [0.15, 0.2) is 0 Å². The molecular weight excluding hydrogens is 260 g/mol. The summed E-state index contributed by atoms with van der Waals surface area (Å²) >= 11 is 2.03. The molecule has 110 valence electrons. The fourth-order valence-electron chi connectivity index (χ4n) is 2.59. The van der Waals surface area contributed by atoms with Crippen LogP contribution in [0.3, 0.4) is 0 Å². The first-order valence-electron chi connectivity index (χ1n) is 7.26. The topological polar surface area (TPSA) is 41.6 Å². The van der Waals surface area contributed by atoms with E-state index in [1.165, 1.54) is 24.3 Å². The summed E-state index contributed by atoms with van der Waals surface area (Å²) in [4.78, 5) is 13.8. The van der Waals surface area contributed by atoms with Crippen molar-refractivity contribution in [1.29, 1.82) is 0 Å². The molecule has 0 aromatic heterocycles. The van der Waals surface area contributed by atoms with E-state index < -0.39 is 5.60 Å². The van der Waals surface area contributed by atoms with E-state index in [-0.39, 0.29) is 6.09 Å². The molecule has 2 aliphatic rings. The highest BCUT2D eigenvalue weighted by molar-refractivity contribution is 7.99. The SMILES string of the molecule is CC(C)(C)OC(=O)N1CCC(NC2CCCSC2)C1. The van der Waals surface area contributed by atoms with Crippen LogP contribution in [0.4, 0.5) is 4.79 Å². The zero-order valence-electron chi connectivity index (χ0n) is 12.3. The van der Waals surface area contributed by atoms with Crippen molar-refractivity contribution in [2.24, 2.45) is 0 Å². The van der Waals surface area contributed by atoms with E-state index in [1.54, 1.807) is 0 Å². The maximum Gasteiger partial charge on any atom is 0.410 e. The quantitative estimate of drug-likeness (QED) is 0.847. The first-order valence-corrected chi connectivity index (χ1v) is 8.41. The number of carbonyl (C=O) groups is 1. The number of nitrogens with zero attached hydrogens (tertiary/aromatic N) is 1. The van der Waals surface area contributed by atoms with Crippen molar-refractivity contribution in [2.45, 2.75) is 57.7 Å². The molecule has 0 bridgehead atoms. The fraction of sp³-hybridized carbons (Fsp3) is 0.929. The molecule has 1 N–H and O–H groups in total. The standard InChI is InChI=1S/C14H26N2O2S/c1-14(2,3)18-13(17)16-7-6-11(9-16)15-12-5-4-8-19-10-12/h11-12,15H,4-10H2,1-3H3. The number of nitrogens with one attached hydrogen (secondary N) is 1. The molecule has 19 heavy (non-hydrogen) atoms. The summed E-state index contributed by atoms with van der Waals surface area (Å²) in [6.07, 6.45) is 3.45. The van der Waals surface area contributed by atoms with Crippen LogP contribution < -0.4 is 5.32 Å². The molecule has 2 saturated heterocycles. The lowest BCUT2D eigenvalue weighted by molar-refractivity contribution is 0.0290. The van der Waals surface area contributed by atoms with Gasteiger partial charge < -0.3 is 15.0 Å². The molecule has 0 radical (unpaired) electrons. The minimum Gasteiger partial charge on any atom is -0.444 e. The smallest absolute Gasteiger partial charge is 0.410 e. The van der Waals surface area contributed by atoms with Crippen molar-refractivity contribution >= 4 is 17.9 Å². The summed E-state index contributed by atoms with van der Waals surface area (Å²) in [5.41, 5.74) is -0.400. The molecule has 2 rings (SSSR count). The Labute approximate surface area is 120 Å². The van der Waals surface area contributed by atoms with E-state index in [9.17, 15) is 4.79 Å². The number of carbonyl (C=O) groups excluding carboxylic acids is 1. The Morgan fingerprint density at radius 3 is 2.74 bits per heavy atom. The zero-order chi connectivity index (χ0) is 13.9. The zero-order valence-corrected chi connectivity index (χ0v) is 13.1. The third kappa shape index (κ3) is 4.88. The first kappa shape index (κ1) is 15.0. The van der Waals surface area contributed by atoms with Gasteiger partial charge >= 0.3 is 6.09 Å². The van der Waals surface area contributed by atoms with Gasteiger partial charge in [-0.25, -0.2) is 4.79 Å². The van der Waals surface area contributed by atoms with Gasteiger partial charge in [0.15, 0.2) is 0 Å². The maximum absolute atomic E-state index is 12.0. The third-order valence-corrected chi connectivity index (χ3v) is 4.69. The Bertz CT molecular complexity index is 311. The summed E-state index contributed by atoms with van der Waals surface area (Å²) in [6, 6.07) is 1.07. The summed E-state index contributed by atoms with van der Waals surface area (Å²) in [7, 11) is 0. The van der Waals surface area contributed by atoms with Gasteiger partial charge in [-0.3, -0.25) is 0 Å². The second-order valence-electron chi connectivity index (χ2n) is 6.49. The van der Waals surface area contributed by atoms with E-state index in [0.717, 1.165) is 19.5 Å². The van der Waals surface area contributed by atoms with Crippen LogP contribution in [0.5, 0.6) is 0 Å². The van der Waals surface area contributed by atoms with E-state index in [2.05, 4.69) is 5.32 Å². The summed E-state index contributed by atoms with van der Waals surface area (Å²) in [5.74, 6) is 2.51. The maximum atomic E-state index is 12.0. The fourth-order valence-corrected chi connectivity index (χ4v) is 3.68. The van der Waals surface area contributed by atoms with Crippen molar-refractivity contribution in [2.75, 3.05) is 24.6 Å². The first-order chi connectivity index (χ1) is 8.94. The van der Waals surface area contributed by atoms with E-state index in [4.69, 9.17) is 4.74 Å². The minimum atomic E-state index is -0.400. The largest absolute Gasteiger partial charge is 0.444 e. The molecule has 0 spiro atoms. The molecule has 0 saturated carbocycles. The Balaban J connectivity index is 1.74. The summed E-state index contributed by atoms with van der Waals surface area (Å²) in [6.45, 7) is 7.34. The molecule has 5 heteroatoms. The van der Waals surface area contributed by atoms with Crippen LogP contribution in [0.25, 0.3) is 0 Å². The molecule has 2 aliphatic heterocycles. The van der Waals surface area contributed by atoms with Gasteiger partial charge in [-0.2, -0.15) is 11.8 Å². The molecule has 4 nitrogen and oxygen atoms in total. The van der Waals surface area contributed by atoms with Crippen LogP contribution in [0, 0.1) is 0 Å². The normalized spacial score (nSPS) is 28.5. The van der Waals surface area contributed by atoms with Crippen LogP contribution >= 0.6 is 11.8 Å². The molecule has 1 amide bonds. The molecule has 0 aliphatic carbocycles. The molecule has 0 aromatic rings. The van der Waals surface area contributed by atoms with Crippen LogP contribution in [0.2, 0.25) is 0 Å². The Kier molecular flexibility index (Phi) is 5.01. The van der Waals surface area contributed by atoms with E-state index >= 15 is 0 Å². The van der Waals surface area contributed by atoms with Gasteiger partial charge in [-0.15, -0.1) is 0 Å². The Hall–Kier alpha value is -0.420. The minimum absolute atomic E-state index is 0.171. The Morgan fingerprint density at radius 1 is 1.32 bits per heavy atom. The molecule has 2 unspecified atom stereocenters. The number of rotatable bonds is 2. The van der Waals surface area contributed by atoms with Crippen molar-refractivity contribution in [1.82, 2.24) is 10.2 Å². The average molecular weight is 286 g/mol. The molecule has 2 heterocycles. The Morgan fingerprint density at radius 2 is 2.11 bits per heavy atom. The predicted molar refractivity (Wildman–Crippen MR) is 79.7 cm³/mol. The number of amides is 1. The van der Waals surface area contributed by atoms with Crippen molar-refractivity contribution in [3.63, 3.8) is 0 Å². The number of likely N-dealkylation sites (tertiary alicyclic amines) is 1. The highest BCUT2D eigenvalue weighted by atomic mass is 32.2. The second kappa shape index (κ2) is 6.35. The van der Waals surface area contributed by atoms with Gasteiger partial charge in [-0.1, -0.05) is 0 Å². The van der Waals surface area contributed by atoms with Gasteiger partial charge in [0.1, 0.15) is 5.60 Å². The summed E-state index contributed by atoms with van der Waals surface area (Å²) in [5, 5.41) is 3.70. The van der Waals surface area contributed by atoms with Crippen molar-refractivity contribution in [3.8, 4) is 0 Å². The lowest BCUT2D eigenvalue weighted by atomic mass is 10.1.